The highest BCUT2D eigenvalue weighted by Gasteiger charge is 2.13. The first kappa shape index (κ1) is 21.2. The number of aryl methyl sites for hydroxylation is 1. The van der Waals surface area contributed by atoms with Gasteiger partial charge in [0.15, 0.2) is 4.80 Å². The number of benzene rings is 3. The summed E-state index contributed by atoms with van der Waals surface area (Å²) >= 11 is 4.99. The molecule has 0 saturated heterocycles. The molecule has 0 bridgehead atoms. The SMILES string of the molecule is O=[N+]([O-])c1ccccc1N=c1scc(-c2ccc(Br)cc2)n1CCCc1ccccc1. The molecule has 0 atom stereocenters. The summed E-state index contributed by atoms with van der Waals surface area (Å²) in [5.41, 5.74) is 3.82. The van der Waals surface area contributed by atoms with E-state index in [4.69, 9.17) is 0 Å². The molecular weight excluding hydrogens is 474 g/mol. The van der Waals surface area contributed by atoms with Crippen LogP contribution in [0.5, 0.6) is 0 Å². The monoisotopic (exact) mass is 493 g/mol. The minimum atomic E-state index is -0.387. The number of aromatic nitrogens is 1. The summed E-state index contributed by atoms with van der Waals surface area (Å²) in [6, 6.07) is 25.1. The fourth-order valence-corrected chi connectivity index (χ4v) is 4.60. The van der Waals surface area contributed by atoms with E-state index in [-0.39, 0.29) is 10.6 Å². The van der Waals surface area contributed by atoms with Crippen LogP contribution in [0.25, 0.3) is 11.3 Å². The van der Waals surface area contributed by atoms with Crippen molar-refractivity contribution in [1.29, 1.82) is 0 Å². The van der Waals surface area contributed by atoms with E-state index in [1.54, 1.807) is 18.2 Å². The maximum atomic E-state index is 11.4. The van der Waals surface area contributed by atoms with Crippen LogP contribution < -0.4 is 4.80 Å². The standard InChI is InChI=1S/C24H20BrN3O2S/c25-20-14-12-19(13-15-20)23-17-31-24(26-21-10-4-5-11-22(21)28(29)30)27(23)16-6-9-18-7-2-1-3-8-18/h1-5,7-8,10-15,17H,6,9,16H2. The molecule has 0 aliphatic rings. The number of thiazole rings is 1. The van der Waals surface area contributed by atoms with E-state index in [2.05, 4.69) is 67.3 Å². The smallest absolute Gasteiger partial charge is 0.294 e. The number of nitro groups is 1. The maximum absolute atomic E-state index is 11.4. The molecule has 0 saturated carbocycles. The summed E-state index contributed by atoms with van der Waals surface area (Å²) in [5, 5.41) is 13.5. The second kappa shape index (κ2) is 9.85. The third kappa shape index (κ3) is 5.18. The highest BCUT2D eigenvalue weighted by molar-refractivity contribution is 9.10. The lowest BCUT2D eigenvalue weighted by Crippen LogP contribution is -2.16. The summed E-state index contributed by atoms with van der Waals surface area (Å²) in [5.74, 6) is 0. The van der Waals surface area contributed by atoms with E-state index in [1.165, 1.54) is 23.0 Å². The molecule has 4 aromatic rings. The quantitative estimate of drug-likeness (QED) is 0.211. The van der Waals surface area contributed by atoms with Gasteiger partial charge in [-0.15, -0.1) is 11.3 Å². The Hall–Kier alpha value is -3.03. The van der Waals surface area contributed by atoms with Crippen LogP contribution in [0.15, 0.2) is 93.7 Å². The van der Waals surface area contributed by atoms with E-state index in [0.29, 0.717) is 5.69 Å². The Kier molecular flexibility index (Phi) is 6.74. The zero-order chi connectivity index (χ0) is 21.6. The van der Waals surface area contributed by atoms with Crippen molar-refractivity contribution in [2.45, 2.75) is 19.4 Å². The van der Waals surface area contributed by atoms with E-state index < -0.39 is 0 Å². The molecule has 31 heavy (non-hydrogen) atoms. The zero-order valence-corrected chi connectivity index (χ0v) is 19.1. The molecule has 0 aliphatic carbocycles. The van der Waals surface area contributed by atoms with Crippen LogP contribution in [-0.4, -0.2) is 9.49 Å². The van der Waals surface area contributed by atoms with Gasteiger partial charge < -0.3 is 4.57 Å². The molecule has 1 heterocycles. The number of halogens is 1. The predicted molar refractivity (Wildman–Crippen MR) is 129 cm³/mol. The fraction of sp³-hybridized carbons (Fsp3) is 0.125. The summed E-state index contributed by atoms with van der Waals surface area (Å²) in [6.07, 6.45) is 1.89. The Morgan fingerprint density at radius 1 is 0.968 bits per heavy atom. The van der Waals surface area contributed by atoms with E-state index in [0.717, 1.165) is 39.9 Å². The minimum absolute atomic E-state index is 0.0110. The molecule has 0 spiro atoms. The molecule has 1 aromatic heterocycles. The van der Waals surface area contributed by atoms with Crippen molar-refractivity contribution in [2.75, 3.05) is 0 Å². The summed E-state index contributed by atoms with van der Waals surface area (Å²) in [7, 11) is 0. The van der Waals surface area contributed by atoms with Crippen molar-refractivity contribution in [3.05, 3.63) is 109 Å². The molecule has 156 valence electrons. The van der Waals surface area contributed by atoms with Crippen LogP contribution in [0.2, 0.25) is 0 Å². The molecule has 0 aliphatic heterocycles. The van der Waals surface area contributed by atoms with Crippen molar-refractivity contribution in [1.82, 2.24) is 4.57 Å². The van der Waals surface area contributed by atoms with Crippen LogP contribution in [0.3, 0.4) is 0 Å². The minimum Gasteiger partial charge on any atom is -0.316 e. The molecule has 0 amide bonds. The van der Waals surface area contributed by atoms with Gasteiger partial charge in [0.2, 0.25) is 0 Å². The Balaban J connectivity index is 1.73. The molecule has 7 heteroatoms. The summed E-state index contributed by atoms with van der Waals surface area (Å²) < 4.78 is 3.18. The topological polar surface area (TPSA) is 60.4 Å². The van der Waals surface area contributed by atoms with Crippen LogP contribution in [-0.2, 0) is 13.0 Å². The number of nitrogens with zero attached hydrogens (tertiary/aromatic N) is 3. The third-order valence-corrected chi connectivity index (χ3v) is 6.31. The molecular formula is C24H20BrN3O2S. The molecule has 3 aromatic carbocycles. The Labute approximate surface area is 192 Å². The van der Waals surface area contributed by atoms with Crippen molar-refractivity contribution in [2.24, 2.45) is 4.99 Å². The van der Waals surface area contributed by atoms with Crippen molar-refractivity contribution in [3.63, 3.8) is 0 Å². The van der Waals surface area contributed by atoms with Gasteiger partial charge in [-0.3, -0.25) is 10.1 Å². The molecule has 0 N–H and O–H groups in total. The average molecular weight is 494 g/mol. The van der Waals surface area contributed by atoms with Crippen LogP contribution in [0.1, 0.15) is 12.0 Å². The first-order chi connectivity index (χ1) is 15.1. The lowest BCUT2D eigenvalue weighted by atomic mass is 10.1. The first-order valence-corrected chi connectivity index (χ1v) is 11.6. The summed E-state index contributed by atoms with van der Waals surface area (Å²) in [4.78, 5) is 16.5. The Morgan fingerprint density at radius 2 is 1.68 bits per heavy atom. The lowest BCUT2D eigenvalue weighted by Gasteiger charge is -2.10. The average Bonchev–Trinajstić information content (AvgIpc) is 3.17. The lowest BCUT2D eigenvalue weighted by molar-refractivity contribution is -0.384. The van der Waals surface area contributed by atoms with Crippen molar-refractivity contribution >= 4 is 38.6 Å². The van der Waals surface area contributed by atoms with Gasteiger partial charge in [-0.25, -0.2) is 4.99 Å². The fourth-order valence-electron chi connectivity index (χ4n) is 3.39. The van der Waals surface area contributed by atoms with Crippen LogP contribution >= 0.6 is 27.3 Å². The molecule has 0 fully saturated rings. The van der Waals surface area contributed by atoms with E-state index in [1.807, 2.05) is 18.2 Å². The second-order valence-electron chi connectivity index (χ2n) is 7.01. The van der Waals surface area contributed by atoms with E-state index >= 15 is 0 Å². The van der Waals surface area contributed by atoms with Gasteiger partial charge in [0.25, 0.3) is 5.69 Å². The Bertz CT molecular complexity index is 1250. The summed E-state index contributed by atoms with van der Waals surface area (Å²) in [6.45, 7) is 0.767. The normalized spacial score (nSPS) is 11.6. The number of hydrogen-bond acceptors (Lipinski definition) is 4. The largest absolute Gasteiger partial charge is 0.316 e. The number of rotatable bonds is 7. The first-order valence-electron chi connectivity index (χ1n) is 9.88. The van der Waals surface area contributed by atoms with Gasteiger partial charge in [-0.2, -0.15) is 0 Å². The van der Waals surface area contributed by atoms with Crippen LogP contribution in [0.4, 0.5) is 11.4 Å². The third-order valence-electron chi connectivity index (χ3n) is 4.92. The van der Waals surface area contributed by atoms with Gasteiger partial charge in [0, 0.05) is 22.5 Å². The van der Waals surface area contributed by atoms with Gasteiger partial charge in [0.1, 0.15) is 5.69 Å². The molecule has 0 radical (unpaired) electrons. The predicted octanol–water partition coefficient (Wildman–Crippen LogP) is 6.75. The number of hydrogen-bond donors (Lipinski definition) is 0. The van der Waals surface area contributed by atoms with Crippen molar-refractivity contribution < 1.29 is 4.92 Å². The van der Waals surface area contributed by atoms with Gasteiger partial charge in [-0.1, -0.05) is 70.5 Å². The van der Waals surface area contributed by atoms with E-state index in [9.17, 15) is 10.1 Å². The van der Waals surface area contributed by atoms with Gasteiger partial charge >= 0.3 is 0 Å². The Morgan fingerprint density at radius 3 is 2.42 bits per heavy atom. The zero-order valence-electron chi connectivity index (χ0n) is 16.6. The van der Waals surface area contributed by atoms with Crippen LogP contribution in [0, 0.1) is 10.1 Å². The molecule has 0 unspecified atom stereocenters. The van der Waals surface area contributed by atoms with Gasteiger partial charge in [0.05, 0.1) is 10.6 Å². The number of para-hydroxylation sites is 2. The second-order valence-corrected chi connectivity index (χ2v) is 8.76. The molecule has 5 nitrogen and oxygen atoms in total. The maximum Gasteiger partial charge on any atom is 0.294 e. The highest BCUT2D eigenvalue weighted by atomic mass is 79.9. The van der Waals surface area contributed by atoms with Crippen molar-refractivity contribution in [3.8, 4) is 11.3 Å². The molecule has 4 rings (SSSR count). The highest BCUT2D eigenvalue weighted by Crippen LogP contribution is 2.27. The van der Waals surface area contributed by atoms with Gasteiger partial charge in [-0.05, 0) is 42.2 Å². The number of nitro benzene ring substituents is 1.